The van der Waals surface area contributed by atoms with Crippen LogP contribution in [0.5, 0.6) is 0 Å². The van der Waals surface area contributed by atoms with Crippen molar-refractivity contribution in [3.05, 3.63) is 41.6 Å². The standard InChI is InChI=1S/C12H7N3O3/c13-5-8(6-14)7-15-10-4-2-1-3-9(10)11(16)12(17)18/h1-4,7,15H,(H,17,18). The van der Waals surface area contributed by atoms with Crippen molar-refractivity contribution in [2.45, 2.75) is 0 Å². The molecular formula is C12H7N3O3. The van der Waals surface area contributed by atoms with E-state index >= 15 is 0 Å². The first kappa shape index (κ1) is 12.9. The van der Waals surface area contributed by atoms with Gasteiger partial charge in [0.1, 0.15) is 17.7 Å². The molecule has 1 aromatic rings. The van der Waals surface area contributed by atoms with Gasteiger partial charge in [-0.2, -0.15) is 10.5 Å². The highest BCUT2D eigenvalue weighted by Crippen LogP contribution is 2.16. The summed E-state index contributed by atoms with van der Waals surface area (Å²) < 4.78 is 0. The molecule has 88 valence electrons. The molecule has 0 aliphatic carbocycles. The molecular weight excluding hydrogens is 234 g/mol. The predicted octanol–water partition coefficient (Wildman–Crippen LogP) is 1.30. The summed E-state index contributed by atoms with van der Waals surface area (Å²) in [5.74, 6) is -2.64. The van der Waals surface area contributed by atoms with Crippen molar-refractivity contribution in [1.82, 2.24) is 0 Å². The van der Waals surface area contributed by atoms with Gasteiger partial charge < -0.3 is 10.4 Å². The van der Waals surface area contributed by atoms with Crippen LogP contribution in [0.3, 0.4) is 0 Å². The molecule has 0 aliphatic heterocycles. The fourth-order valence-corrected chi connectivity index (χ4v) is 1.16. The Kier molecular flexibility index (Phi) is 4.19. The summed E-state index contributed by atoms with van der Waals surface area (Å²) in [4.78, 5) is 22.0. The third kappa shape index (κ3) is 2.94. The fourth-order valence-electron chi connectivity index (χ4n) is 1.16. The number of Topliss-reactive ketones (excluding diaryl/α,β-unsaturated/α-hetero) is 1. The quantitative estimate of drug-likeness (QED) is 0.466. The number of nitrogens with zero attached hydrogens (tertiary/aromatic N) is 2. The first-order valence-corrected chi connectivity index (χ1v) is 4.73. The van der Waals surface area contributed by atoms with Crippen LogP contribution in [0.1, 0.15) is 10.4 Å². The normalized spacial score (nSPS) is 8.56. The van der Waals surface area contributed by atoms with Gasteiger partial charge in [0, 0.05) is 11.9 Å². The van der Waals surface area contributed by atoms with Gasteiger partial charge in [0.25, 0.3) is 5.78 Å². The van der Waals surface area contributed by atoms with E-state index in [4.69, 9.17) is 15.6 Å². The van der Waals surface area contributed by atoms with Gasteiger partial charge >= 0.3 is 5.97 Å². The van der Waals surface area contributed by atoms with Crippen LogP contribution in [0.15, 0.2) is 36.0 Å². The number of anilines is 1. The van der Waals surface area contributed by atoms with Gasteiger partial charge in [-0.05, 0) is 12.1 Å². The van der Waals surface area contributed by atoms with Crippen LogP contribution in [0.25, 0.3) is 0 Å². The van der Waals surface area contributed by atoms with Crippen molar-refractivity contribution in [2.75, 3.05) is 5.32 Å². The summed E-state index contributed by atoms with van der Waals surface area (Å²) in [6.07, 6.45) is 1.11. The molecule has 0 atom stereocenters. The summed E-state index contributed by atoms with van der Waals surface area (Å²) >= 11 is 0. The van der Waals surface area contributed by atoms with E-state index in [1.165, 1.54) is 18.2 Å². The van der Waals surface area contributed by atoms with Crippen LogP contribution >= 0.6 is 0 Å². The van der Waals surface area contributed by atoms with Gasteiger partial charge in [-0.25, -0.2) is 4.79 Å². The Morgan fingerprint density at radius 1 is 1.22 bits per heavy atom. The minimum absolute atomic E-state index is 0.0449. The molecule has 0 radical (unpaired) electrons. The van der Waals surface area contributed by atoms with Crippen molar-refractivity contribution in [3.63, 3.8) is 0 Å². The Morgan fingerprint density at radius 3 is 2.39 bits per heavy atom. The number of nitrogens with one attached hydrogen (secondary N) is 1. The van der Waals surface area contributed by atoms with Crippen LogP contribution < -0.4 is 5.32 Å². The van der Waals surface area contributed by atoms with Crippen LogP contribution in [-0.4, -0.2) is 16.9 Å². The molecule has 0 saturated carbocycles. The highest BCUT2D eigenvalue weighted by molar-refractivity contribution is 6.41. The molecule has 0 unspecified atom stereocenters. The molecule has 6 heteroatoms. The van der Waals surface area contributed by atoms with Crippen molar-refractivity contribution in [2.24, 2.45) is 0 Å². The minimum Gasteiger partial charge on any atom is -0.475 e. The monoisotopic (exact) mass is 241 g/mol. The molecule has 1 rings (SSSR count). The third-order valence-corrected chi connectivity index (χ3v) is 1.98. The average Bonchev–Trinajstić information content (AvgIpc) is 2.39. The SMILES string of the molecule is N#CC(C#N)=CNc1ccccc1C(=O)C(=O)O. The average molecular weight is 241 g/mol. The topological polar surface area (TPSA) is 114 Å². The largest absolute Gasteiger partial charge is 0.475 e. The highest BCUT2D eigenvalue weighted by atomic mass is 16.4. The van der Waals surface area contributed by atoms with Crippen LogP contribution in [-0.2, 0) is 4.79 Å². The first-order valence-electron chi connectivity index (χ1n) is 4.73. The lowest BCUT2D eigenvalue weighted by Gasteiger charge is -2.05. The number of benzene rings is 1. The lowest BCUT2D eigenvalue weighted by molar-refractivity contribution is -0.131. The molecule has 6 nitrogen and oxygen atoms in total. The Labute approximate surface area is 102 Å². The number of carboxylic acid groups (broad SMARTS) is 1. The van der Waals surface area contributed by atoms with Gasteiger partial charge in [0.2, 0.25) is 0 Å². The van der Waals surface area contributed by atoms with Crippen LogP contribution in [0, 0.1) is 22.7 Å². The number of hydrogen-bond donors (Lipinski definition) is 2. The van der Waals surface area contributed by atoms with Crippen molar-refractivity contribution in [1.29, 1.82) is 10.5 Å². The highest BCUT2D eigenvalue weighted by Gasteiger charge is 2.17. The van der Waals surface area contributed by atoms with E-state index in [1.54, 1.807) is 18.2 Å². The number of allylic oxidation sites excluding steroid dienone is 1. The zero-order valence-electron chi connectivity index (χ0n) is 9.04. The molecule has 2 N–H and O–H groups in total. The number of aliphatic carboxylic acids is 1. The molecule has 0 fully saturated rings. The maximum atomic E-state index is 11.4. The zero-order chi connectivity index (χ0) is 13.5. The van der Waals surface area contributed by atoms with E-state index in [0.717, 1.165) is 6.20 Å². The van der Waals surface area contributed by atoms with Crippen molar-refractivity contribution in [3.8, 4) is 12.1 Å². The van der Waals surface area contributed by atoms with Crippen molar-refractivity contribution >= 4 is 17.4 Å². The lowest BCUT2D eigenvalue weighted by Crippen LogP contribution is -2.14. The number of carbonyl (C=O) groups is 2. The number of ketones is 1. The zero-order valence-corrected chi connectivity index (χ0v) is 9.04. The van der Waals surface area contributed by atoms with E-state index in [-0.39, 0.29) is 16.8 Å². The number of carbonyl (C=O) groups excluding carboxylic acids is 1. The van der Waals surface area contributed by atoms with Gasteiger partial charge in [-0.15, -0.1) is 0 Å². The second-order valence-electron chi connectivity index (χ2n) is 3.11. The number of nitriles is 2. The molecule has 1 aromatic carbocycles. The number of para-hydroxylation sites is 1. The van der Waals surface area contributed by atoms with Crippen molar-refractivity contribution < 1.29 is 14.7 Å². The summed E-state index contributed by atoms with van der Waals surface area (Å²) in [6, 6.07) is 9.17. The minimum atomic E-state index is -1.57. The number of rotatable bonds is 4. The van der Waals surface area contributed by atoms with Crippen LogP contribution in [0.2, 0.25) is 0 Å². The molecule has 18 heavy (non-hydrogen) atoms. The molecule has 0 heterocycles. The molecule has 0 amide bonds. The second kappa shape index (κ2) is 5.83. The van der Waals surface area contributed by atoms with E-state index in [9.17, 15) is 9.59 Å². The molecule has 0 aromatic heterocycles. The predicted molar refractivity (Wildman–Crippen MR) is 61.3 cm³/mol. The molecule has 0 bridgehead atoms. The Bertz CT molecular complexity index is 590. The van der Waals surface area contributed by atoms with Gasteiger partial charge in [0.15, 0.2) is 0 Å². The number of hydrogen-bond acceptors (Lipinski definition) is 5. The number of carboxylic acids is 1. The first-order chi connectivity index (χ1) is 8.60. The second-order valence-corrected chi connectivity index (χ2v) is 3.11. The smallest absolute Gasteiger partial charge is 0.377 e. The Hall–Kier alpha value is -3.12. The fraction of sp³-hybridized carbons (Fsp3) is 0. The van der Waals surface area contributed by atoms with Gasteiger partial charge in [-0.3, -0.25) is 4.79 Å². The van der Waals surface area contributed by atoms with E-state index in [2.05, 4.69) is 5.32 Å². The summed E-state index contributed by atoms with van der Waals surface area (Å²) in [5.41, 5.74) is -0.0167. The lowest BCUT2D eigenvalue weighted by atomic mass is 10.1. The van der Waals surface area contributed by atoms with E-state index in [1.807, 2.05) is 0 Å². The van der Waals surface area contributed by atoms with Gasteiger partial charge in [-0.1, -0.05) is 12.1 Å². The molecule has 0 aliphatic rings. The maximum absolute atomic E-state index is 11.4. The van der Waals surface area contributed by atoms with E-state index in [0.29, 0.717) is 0 Å². The third-order valence-electron chi connectivity index (χ3n) is 1.98. The van der Waals surface area contributed by atoms with Gasteiger partial charge in [0.05, 0.1) is 5.56 Å². The molecule has 0 saturated heterocycles. The maximum Gasteiger partial charge on any atom is 0.377 e. The molecule has 0 spiro atoms. The summed E-state index contributed by atoms with van der Waals surface area (Å²) in [5, 5.41) is 28.2. The summed E-state index contributed by atoms with van der Waals surface area (Å²) in [7, 11) is 0. The Morgan fingerprint density at radius 2 is 1.83 bits per heavy atom. The van der Waals surface area contributed by atoms with E-state index < -0.39 is 11.8 Å². The van der Waals surface area contributed by atoms with Crippen LogP contribution in [0.4, 0.5) is 5.69 Å². The Balaban J connectivity index is 3.09. The summed E-state index contributed by atoms with van der Waals surface area (Å²) in [6.45, 7) is 0.